The van der Waals surface area contributed by atoms with Gasteiger partial charge in [0, 0.05) is 24.1 Å². The third-order valence-electron chi connectivity index (χ3n) is 2.71. The number of hydrogen-bond donors (Lipinski definition) is 2. The molecule has 0 saturated carbocycles. The molecule has 0 radical (unpaired) electrons. The molecule has 1 aromatic heterocycles. The number of anilines is 1. The van der Waals surface area contributed by atoms with E-state index in [1.807, 2.05) is 19.1 Å². The number of aromatic nitrogens is 1. The van der Waals surface area contributed by atoms with Crippen molar-refractivity contribution in [2.24, 2.45) is 5.73 Å². The van der Waals surface area contributed by atoms with Crippen LogP contribution in [0.3, 0.4) is 0 Å². The average molecular weight is 271 g/mol. The second-order valence-electron chi connectivity index (χ2n) is 4.37. The van der Waals surface area contributed by atoms with Crippen LogP contribution in [0.4, 0.5) is 5.69 Å². The van der Waals surface area contributed by atoms with E-state index in [2.05, 4.69) is 10.3 Å². The topological polar surface area (TPSA) is 77.2 Å². The molecule has 5 nitrogen and oxygen atoms in total. The maximum atomic E-state index is 11.7. The number of hydrogen-bond acceptors (Lipinski definition) is 4. The van der Waals surface area contributed by atoms with Crippen LogP contribution in [-0.4, -0.2) is 17.5 Å². The van der Waals surface area contributed by atoms with Gasteiger partial charge >= 0.3 is 0 Å². The molecule has 2 aromatic rings. The van der Waals surface area contributed by atoms with E-state index in [1.165, 1.54) is 0 Å². The zero-order valence-electron chi connectivity index (χ0n) is 11.3. The van der Waals surface area contributed by atoms with Crippen molar-refractivity contribution >= 4 is 11.6 Å². The summed E-state index contributed by atoms with van der Waals surface area (Å²) in [6, 6.07) is 10.9. The highest BCUT2D eigenvalue weighted by Crippen LogP contribution is 2.12. The second kappa shape index (κ2) is 6.68. The SMILES string of the molecule is Cc1cc(NC(=O)COc2ccc(CN)cc2)ccn1. The molecular weight excluding hydrogens is 254 g/mol. The van der Waals surface area contributed by atoms with Gasteiger partial charge in [0.15, 0.2) is 6.61 Å². The number of aryl methyl sites for hydroxylation is 1. The van der Waals surface area contributed by atoms with Crippen LogP contribution >= 0.6 is 0 Å². The minimum absolute atomic E-state index is 0.0384. The monoisotopic (exact) mass is 271 g/mol. The summed E-state index contributed by atoms with van der Waals surface area (Å²) in [5.74, 6) is 0.432. The number of pyridine rings is 1. The van der Waals surface area contributed by atoms with Crippen LogP contribution in [0.15, 0.2) is 42.6 Å². The number of carbonyl (C=O) groups is 1. The molecule has 0 fully saturated rings. The van der Waals surface area contributed by atoms with Gasteiger partial charge in [0.05, 0.1) is 0 Å². The van der Waals surface area contributed by atoms with Crippen LogP contribution in [0.1, 0.15) is 11.3 Å². The zero-order chi connectivity index (χ0) is 14.4. The normalized spacial score (nSPS) is 10.1. The molecule has 0 atom stereocenters. The fraction of sp³-hybridized carbons (Fsp3) is 0.200. The van der Waals surface area contributed by atoms with E-state index in [-0.39, 0.29) is 12.5 Å². The van der Waals surface area contributed by atoms with Crippen LogP contribution < -0.4 is 15.8 Å². The molecule has 0 aliphatic rings. The molecule has 0 spiro atoms. The summed E-state index contributed by atoms with van der Waals surface area (Å²) in [6.07, 6.45) is 1.65. The van der Waals surface area contributed by atoms with E-state index in [9.17, 15) is 4.79 Å². The summed E-state index contributed by atoms with van der Waals surface area (Å²) in [4.78, 5) is 15.8. The Morgan fingerprint density at radius 1 is 1.30 bits per heavy atom. The minimum Gasteiger partial charge on any atom is -0.484 e. The first-order valence-electron chi connectivity index (χ1n) is 6.31. The van der Waals surface area contributed by atoms with Crippen molar-refractivity contribution in [3.8, 4) is 5.75 Å². The Morgan fingerprint density at radius 2 is 2.05 bits per heavy atom. The number of carbonyl (C=O) groups excluding carboxylic acids is 1. The lowest BCUT2D eigenvalue weighted by Crippen LogP contribution is -2.20. The number of benzene rings is 1. The Morgan fingerprint density at radius 3 is 2.70 bits per heavy atom. The molecule has 20 heavy (non-hydrogen) atoms. The van der Waals surface area contributed by atoms with Gasteiger partial charge in [-0.3, -0.25) is 9.78 Å². The quantitative estimate of drug-likeness (QED) is 0.870. The third-order valence-corrected chi connectivity index (χ3v) is 2.71. The summed E-state index contributed by atoms with van der Waals surface area (Å²) >= 11 is 0. The Labute approximate surface area is 117 Å². The predicted molar refractivity (Wildman–Crippen MR) is 77.4 cm³/mol. The number of nitrogens with two attached hydrogens (primary N) is 1. The molecule has 5 heteroatoms. The summed E-state index contributed by atoms with van der Waals surface area (Å²) in [7, 11) is 0. The molecule has 3 N–H and O–H groups in total. The van der Waals surface area contributed by atoms with Gasteiger partial charge in [0.2, 0.25) is 0 Å². The number of rotatable bonds is 5. The molecule has 0 aliphatic heterocycles. The summed E-state index contributed by atoms with van der Waals surface area (Å²) in [5, 5.41) is 2.75. The van der Waals surface area contributed by atoms with E-state index < -0.39 is 0 Å². The Bertz CT molecular complexity index is 582. The Balaban J connectivity index is 1.85. The zero-order valence-corrected chi connectivity index (χ0v) is 11.3. The largest absolute Gasteiger partial charge is 0.484 e. The first kappa shape index (κ1) is 14.0. The molecular formula is C15H17N3O2. The van der Waals surface area contributed by atoms with Crippen molar-refractivity contribution < 1.29 is 9.53 Å². The number of nitrogens with zero attached hydrogens (tertiary/aromatic N) is 1. The smallest absolute Gasteiger partial charge is 0.262 e. The van der Waals surface area contributed by atoms with Crippen molar-refractivity contribution in [2.75, 3.05) is 11.9 Å². The molecule has 2 rings (SSSR count). The minimum atomic E-state index is -0.210. The van der Waals surface area contributed by atoms with Crippen LogP contribution in [0.25, 0.3) is 0 Å². The van der Waals surface area contributed by atoms with E-state index >= 15 is 0 Å². The number of amides is 1. The van der Waals surface area contributed by atoms with Crippen LogP contribution in [0.2, 0.25) is 0 Å². The average Bonchev–Trinajstić information content (AvgIpc) is 2.46. The van der Waals surface area contributed by atoms with Gasteiger partial charge in [0.25, 0.3) is 5.91 Å². The fourth-order valence-electron chi connectivity index (χ4n) is 1.69. The highest BCUT2D eigenvalue weighted by Gasteiger charge is 2.04. The first-order chi connectivity index (χ1) is 9.67. The maximum Gasteiger partial charge on any atom is 0.262 e. The second-order valence-corrected chi connectivity index (χ2v) is 4.37. The molecule has 0 aliphatic carbocycles. The van der Waals surface area contributed by atoms with Gasteiger partial charge in [-0.05, 0) is 36.8 Å². The molecule has 0 unspecified atom stereocenters. The molecule has 0 saturated heterocycles. The highest BCUT2D eigenvalue weighted by molar-refractivity contribution is 5.91. The third kappa shape index (κ3) is 4.07. The van der Waals surface area contributed by atoms with Crippen molar-refractivity contribution in [1.82, 2.24) is 4.98 Å². The van der Waals surface area contributed by atoms with Crippen molar-refractivity contribution in [3.63, 3.8) is 0 Å². The Kier molecular flexibility index (Phi) is 4.68. The number of ether oxygens (including phenoxy) is 1. The lowest BCUT2D eigenvalue weighted by atomic mass is 10.2. The van der Waals surface area contributed by atoms with Gasteiger partial charge < -0.3 is 15.8 Å². The van der Waals surface area contributed by atoms with E-state index in [1.54, 1.807) is 30.5 Å². The van der Waals surface area contributed by atoms with E-state index in [0.717, 1.165) is 11.3 Å². The summed E-state index contributed by atoms with van der Waals surface area (Å²) < 4.78 is 5.40. The summed E-state index contributed by atoms with van der Waals surface area (Å²) in [5.41, 5.74) is 8.09. The van der Waals surface area contributed by atoms with Crippen LogP contribution in [0, 0.1) is 6.92 Å². The lowest BCUT2D eigenvalue weighted by molar-refractivity contribution is -0.118. The maximum absolute atomic E-state index is 11.7. The molecule has 0 bridgehead atoms. The fourth-order valence-corrected chi connectivity index (χ4v) is 1.69. The van der Waals surface area contributed by atoms with Crippen molar-refractivity contribution in [1.29, 1.82) is 0 Å². The molecule has 104 valence electrons. The summed E-state index contributed by atoms with van der Waals surface area (Å²) in [6.45, 7) is 2.32. The molecule has 1 amide bonds. The molecule has 1 aromatic carbocycles. The highest BCUT2D eigenvalue weighted by atomic mass is 16.5. The van der Waals surface area contributed by atoms with Crippen molar-refractivity contribution in [2.45, 2.75) is 13.5 Å². The van der Waals surface area contributed by atoms with Crippen LogP contribution in [-0.2, 0) is 11.3 Å². The van der Waals surface area contributed by atoms with E-state index in [4.69, 9.17) is 10.5 Å². The first-order valence-corrected chi connectivity index (χ1v) is 6.31. The number of nitrogens with one attached hydrogen (secondary N) is 1. The van der Waals surface area contributed by atoms with Gasteiger partial charge in [-0.15, -0.1) is 0 Å². The Hall–Kier alpha value is -2.40. The van der Waals surface area contributed by atoms with Gasteiger partial charge in [0.1, 0.15) is 5.75 Å². The van der Waals surface area contributed by atoms with Gasteiger partial charge in [-0.25, -0.2) is 0 Å². The lowest BCUT2D eigenvalue weighted by Gasteiger charge is -2.08. The van der Waals surface area contributed by atoms with Crippen molar-refractivity contribution in [3.05, 3.63) is 53.9 Å². The van der Waals surface area contributed by atoms with Crippen LogP contribution in [0.5, 0.6) is 5.75 Å². The predicted octanol–water partition coefficient (Wildman–Crippen LogP) is 1.87. The van der Waals surface area contributed by atoms with E-state index in [0.29, 0.717) is 18.0 Å². The molecule has 1 heterocycles. The standard InChI is InChI=1S/C15H17N3O2/c1-11-8-13(6-7-17-11)18-15(19)10-20-14-4-2-12(9-16)3-5-14/h2-8H,9-10,16H2,1H3,(H,17,18,19). The van der Waals surface area contributed by atoms with Gasteiger partial charge in [-0.1, -0.05) is 12.1 Å². The van der Waals surface area contributed by atoms with Gasteiger partial charge in [-0.2, -0.15) is 0 Å².